The van der Waals surface area contributed by atoms with E-state index < -0.39 is 0 Å². The van der Waals surface area contributed by atoms with E-state index in [4.69, 9.17) is 0 Å². The van der Waals surface area contributed by atoms with Crippen molar-refractivity contribution in [1.82, 2.24) is 0 Å². The van der Waals surface area contributed by atoms with Crippen LogP contribution in [-0.4, -0.2) is 0 Å². The summed E-state index contributed by atoms with van der Waals surface area (Å²) in [7, 11) is 2.11. The summed E-state index contributed by atoms with van der Waals surface area (Å²) in [6.07, 6.45) is 4.32. The third-order valence-corrected chi connectivity index (χ3v) is 4.72. The van der Waals surface area contributed by atoms with Crippen LogP contribution in [0.25, 0.3) is 22.4 Å². The van der Waals surface area contributed by atoms with Gasteiger partial charge in [-0.3, -0.25) is 0 Å². The fourth-order valence-corrected chi connectivity index (χ4v) is 3.51. The molecule has 0 unspecified atom stereocenters. The first-order valence-corrected chi connectivity index (χ1v) is 7.66. The van der Waals surface area contributed by atoms with Crippen molar-refractivity contribution in [2.24, 2.45) is 7.05 Å². The normalized spacial score (nSPS) is 10.9. The molecular weight excluding hydrogens is 445 g/mol. The highest BCUT2D eigenvalue weighted by atomic mass is 127. The SMILES string of the molecule is C[n+]1c(/C=C/c2cccc(Br)c2)sc2ccccc21.[I-]. The second-order valence-corrected chi connectivity index (χ2v) is 6.33. The van der Waals surface area contributed by atoms with Gasteiger partial charge in [-0.15, -0.1) is 0 Å². The molecule has 3 aromatic rings. The van der Waals surface area contributed by atoms with E-state index in [0.717, 1.165) is 4.47 Å². The molecule has 20 heavy (non-hydrogen) atoms. The van der Waals surface area contributed by atoms with Gasteiger partial charge in [-0.25, -0.2) is 0 Å². The lowest BCUT2D eigenvalue weighted by molar-refractivity contribution is -0.642. The first-order valence-electron chi connectivity index (χ1n) is 6.05. The van der Waals surface area contributed by atoms with E-state index in [1.165, 1.54) is 20.8 Å². The molecule has 0 N–H and O–H groups in total. The van der Waals surface area contributed by atoms with E-state index in [-0.39, 0.29) is 24.0 Å². The number of para-hydroxylation sites is 1. The Labute approximate surface area is 148 Å². The van der Waals surface area contributed by atoms with Crippen LogP contribution in [0.2, 0.25) is 0 Å². The Balaban J connectivity index is 0.00000147. The molecule has 102 valence electrons. The van der Waals surface area contributed by atoms with Crippen molar-refractivity contribution < 1.29 is 28.5 Å². The number of hydrogen-bond acceptors (Lipinski definition) is 1. The number of fused-ring (bicyclic) bond motifs is 1. The second kappa shape index (κ2) is 6.83. The Morgan fingerprint density at radius 1 is 1.05 bits per heavy atom. The third-order valence-electron chi connectivity index (χ3n) is 3.04. The zero-order valence-electron chi connectivity index (χ0n) is 10.9. The number of aryl methyl sites for hydroxylation is 1. The molecule has 1 aromatic heterocycles. The molecule has 1 nitrogen and oxygen atoms in total. The molecule has 0 radical (unpaired) electrons. The van der Waals surface area contributed by atoms with Crippen molar-refractivity contribution in [3.63, 3.8) is 0 Å². The molecule has 0 fully saturated rings. The Morgan fingerprint density at radius 3 is 2.60 bits per heavy atom. The van der Waals surface area contributed by atoms with Gasteiger partial charge in [-0.2, -0.15) is 4.57 Å². The highest BCUT2D eigenvalue weighted by molar-refractivity contribution is 9.10. The molecule has 3 rings (SSSR count). The third kappa shape index (κ3) is 3.30. The molecule has 0 bridgehead atoms. The van der Waals surface area contributed by atoms with Gasteiger partial charge in [-0.05, 0) is 29.8 Å². The van der Waals surface area contributed by atoms with Crippen LogP contribution < -0.4 is 28.5 Å². The largest absolute Gasteiger partial charge is 1.00 e. The van der Waals surface area contributed by atoms with E-state index in [9.17, 15) is 0 Å². The van der Waals surface area contributed by atoms with Gasteiger partial charge < -0.3 is 24.0 Å². The molecule has 0 amide bonds. The van der Waals surface area contributed by atoms with Crippen LogP contribution >= 0.6 is 27.3 Å². The predicted octanol–water partition coefficient (Wildman–Crippen LogP) is 1.66. The molecular formula is C16H13BrINS. The van der Waals surface area contributed by atoms with Gasteiger partial charge in [0.25, 0.3) is 5.01 Å². The fraction of sp³-hybridized carbons (Fsp3) is 0.0625. The number of benzene rings is 2. The molecule has 2 aromatic carbocycles. The van der Waals surface area contributed by atoms with Crippen LogP contribution in [0, 0.1) is 0 Å². The molecule has 1 heterocycles. The van der Waals surface area contributed by atoms with Crippen molar-refractivity contribution in [1.29, 1.82) is 0 Å². The summed E-state index contributed by atoms with van der Waals surface area (Å²) in [4.78, 5) is 0. The number of aromatic nitrogens is 1. The maximum atomic E-state index is 3.49. The molecule has 4 heteroatoms. The maximum absolute atomic E-state index is 3.49. The van der Waals surface area contributed by atoms with Crippen LogP contribution in [0.1, 0.15) is 10.6 Å². The number of halogens is 2. The van der Waals surface area contributed by atoms with E-state index >= 15 is 0 Å². The van der Waals surface area contributed by atoms with Gasteiger partial charge in [0.1, 0.15) is 11.7 Å². The van der Waals surface area contributed by atoms with Crippen LogP contribution in [0.3, 0.4) is 0 Å². The van der Waals surface area contributed by atoms with Crippen molar-refractivity contribution >= 4 is 49.6 Å². The van der Waals surface area contributed by atoms with Gasteiger partial charge >= 0.3 is 0 Å². The van der Waals surface area contributed by atoms with E-state index in [2.05, 4.69) is 82.2 Å². The summed E-state index contributed by atoms with van der Waals surface area (Å²) < 4.78 is 4.66. The molecule has 0 aliphatic heterocycles. The molecule has 0 atom stereocenters. The van der Waals surface area contributed by atoms with Crippen molar-refractivity contribution in [2.75, 3.05) is 0 Å². The smallest absolute Gasteiger partial charge is 0.262 e. The van der Waals surface area contributed by atoms with Gasteiger partial charge in [0.2, 0.25) is 5.52 Å². The minimum atomic E-state index is 0. The highest BCUT2D eigenvalue weighted by Crippen LogP contribution is 2.21. The van der Waals surface area contributed by atoms with Gasteiger partial charge in [-0.1, -0.05) is 51.5 Å². The van der Waals surface area contributed by atoms with E-state index in [0.29, 0.717) is 0 Å². The first-order chi connectivity index (χ1) is 9.24. The van der Waals surface area contributed by atoms with Gasteiger partial charge in [0.15, 0.2) is 0 Å². The quantitative estimate of drug-likeness (QED) is 0.407. The van der Waals surface area contributed by atoms with Crippen LogP contribution in [0.5, 0.6) is 0 Å². The first kappa shape index (κ1) is 15.7. The van der Waals surface area contributed by atoms with E-state index in [1.807, 2.05) is 17.4 Å². The standard InChI is InChI=1S/C16H13BrNS.HI/c1-18-14-7-2-3-8-15(14)19-16(18)10-9-12-5-4-6-13(17)11-12;/h2-11H,1H3;1H/q+1;/p-1/b10-9+;. The topological polar surface area (TPSA) is 3.88 Å². The monoisotopic (exact) mass is 457 g/mol. The lowest BCUT2D eigenvalue weighted by atomic mass is 10.2. The number of thiazole rings is 1. The molecule has 0 saturated heterocycles. The molecule has 0 aliphatic carbocycles. The van der Waals surface area contributed by atoms with E-state index in [1.54, 1.807) is 0 Å². The fourth-order valence-electron chi connectivity index (χ4n) is 2.04. The predicted molar refractivity (Wildman–Crippen MR) is 86.1 cm³/mol. The number of rotatable bonds is 2. The summed E-state index contributed by atoms with van der Waals surface area (Å²) in [6.45, 7) is 0. The summed E-state index contributed by atoms with van der Waals surface area (Å²) >= 11 is 5.31. The minimum Gasteiger partial charge on any atom is -1.00 e. The summed E-state index contributed by atoms with van der Waals surface area (Å²) in [5.41, 5.74) is 2.48. The minimum absolute atomic E-state index is 0. The average Bonchev–Trinajstić information content (AvgIpc) is 2.74. The highest BCUT2D eigenvalue weighted by Gasteiger charge is 2.12. The summed E-state index contributed by atoms with van der Waals surface area (Å²) in [5.74, 6) is 0. The zero-order chi connectivity index (χ0) is 13.2. The van der Waals surface area contributed by atoms with Crippen molar-refractivity contribution in [2.45, 2.75) is 0 Å². The number of hydrogen-bond donors (Lipinski definition) is 0. The lowest BCUT2D eigenvalue weighted by Gasteiger charge is -1.93. The Hall–Kier alpha value is -0.720. The van der Waals surface area contributed by atoms with Crippen molar-refractivity contribution in [3.05, 3.63) is 63.6 Å². The Morgan fingerprint density at radius 2 is 1.85 bits per heavy atom. The zero-order valence-corrected chi connectivity index (χ0v) is 15.4. The summed E-state index contributed by atoms with van der Waals surface area (Å²) in [5, 5.41) is 1.25. The molecule has 0 aliphatic rings. The van der Waals surface area contributed by atoms with Gasteiger partial charge in [0.05, 0.1) is 0 Å². The number of nitrogens with zero attached hydrogens (tertiary/aromatic N) is 1. The Bertz CT molecular complexity index is 764. The van der Waals surface area contributed by atoms with Crippen LogP contribution in [-0.2, 0) is 7.05 Å². The van der Waals surface area contributed by atoms with Crippen LogP contribution in [0.4, 0.5) is 0 Å². The molecule has 0 saturated carbocycles. The maximum Gasteiger partial charge on any atom is 0.262 e. The lowest BCUT2D eigenvalue weighted by Crippen LogP contribution is -3.00. The molecule has 0 spiro atoms. The van der Waals surface area contributed by atoms with Crippen molar-refractivity contribution in [3.8, 4) is 0 Å². The Kier molecular flexibility index (Phi) is 5.35. The van der Waals surface area contributed by atoms with Gasteiger partial charge in [0, 0.05) is 16.6 Å². The second-order valence-electron chi connectivity index (χ2n) is 4.36. The van der Waals surface area contributed by atoms with Crippen LogP contribution in [0.15, 0.2) is 53.0 Å². The summed E-state index contributed by atoms with van der Waals surface area (Å²) in [6, 6.07) is 16.8. The average molecular weight is 458 g/mol.